The van der Waals surface area contributed by atoms with Crippen LogP contribution in [0, 0.1) is 0 Å². The number of ether oxygens (including phenoxy) is 1. The van der Waals surface area contributed by atoms with Gasteiger partial charge in [-0.25, -0.2) is 9.78 Å². The topological polar surface area (TPSA) is 104 Å². The highest BCUT2D eigenvalue weighted by Gasteiger charge is 2.31. The lowest BCUT2D eigenvalue weighted by Crippen LogP contribution is -2.51. The van der Waals surface area contributed by atoms with Crippen molar-refractivity contribution in [2.24, 2.45) is 0 Å². The minimum absolute atomic E-state index is 0.140. The molecule has 1 heterocycles. The zero-order valence-corrected chi connectivity index (χ0v) is 10.6. The molecule has 1 unspecified atom stereocenters. The molecule has 0 aliphatic carbocycles. The number of nitrogens with zero attached hydrogens (tertiary/aromatic N) is 1. The number of aromatic amines is 1. The summed E-state index contributed by atoms with van der Waals surface area (Å²) in [4.78, 5) is 29.5. The number of aromatic nitrogens is 2. The number of H-pyrrole nitrogens is 1. The van der Waals surface area contributed by atoms with Crippen molar-refractivity contribution in [3.8, 4) is 0 Å². The molecule has 0 aliphatic heterocycles. The van der Waals surface area contributed by atoms with Crippen molar-refractivity contribution in [3.05, 3.63) is 18.2 Å². The minimum Gasteiger partial charge on any atom is -0.480 e. The van der Waals surface area contributed by atoms with Gasteiger partial charge < -0.3 is 20.1 Å². The van der Waals surface area contributed by atoms with E-state index < -0.39 is 23.5 Å². The summed E-state index contributed by atoms with van der Waals surface area (Å²) in [5, 5.41) is 11.5. The fourth-order valence-corrected chi connectivity index (χ4v) is 1.24. The van der Waals surface area contributed by atoms with Gasteiger partial charge in [0.05, 0.1) is 6.33 Å². The maximum atomic E-state index is 11.8. The molecule has 1 aromatic heterocycles. The van der Waals surface area contributed by atoms with E-state index in [-0.39, 0.29) is 6.42 Å². The average molecular weight is 255 g/mol. The van der Waals surface area contributed by atoms with E-state index >= 15 is 0 Å². The van der Waals surface area contributed by atoms with Gasteiger partial charge >= 0.3 is 5.97 Å². The van der Waals surface area contributed by atoms with Crippen LogP contribution in [0.2, 0.25) is 0 Å². The smallest absolute Gasteiger partial charge is 0.326 e. The fourth-order valence-electron chi connectivity index (χ4n) is 1.24. The SMILES string of the molecule is COC(C)(C)C(=O)NC(Cc1cnc[nH]1)C(=O)O. The van der Waals surface area contributed by atoms with Crippen molar-refractivity contribution in [3.63, 3.8) is 0 Å². The summed E-state index contributed by atoms with van der Waals surface area (Å²) in [5.41, 5.74) is -0.431. The van der Waals surface area contributed by atoms with Crippen LogP contribution in [0.4, 0.5) is 0 Å². The summed E-state index contributed by atoms with van der Waals surface area (Å²) >= 11 is 0. The Labute approximate surface area is 105 Å². The van der Waals surface area contributed by atoms with E-state index in [9.17, 15) is 9.59 Å². The number of carbonyl (C=O) groups excluding carboxylic acids is 1. The summed E-state index contributed by atoms with van der Waals surface area (Å²) in [7, 11) is 1.39. The molecule has 0 aliphatic rings. The van der Waals surface area contributed by atoms with Gasteiger partial charge in [0, 0.05) is 25.4 Å². The number of carboxylic acids is 1. The Morgan fingerprint density at radius 2 is 2.28 bits per heavy atom. The van der Waals surface area contributed by atoms with Crippen LogP contribution < -0.4 is 5.32 Å². The monoisotopic (exact) mass is 255 g/mol. The minimum atomic E-state index is -1.11. The van der Waals surface area contributed by atoms with Gasteiger partial charge in [0.15, 0.2) is 0 Å². The molecule has 0 aromatic carbocycles. The van der Waals surface area contributed by atoms with E-state index in [0.29, 0.717) is 5.69 Å². The first-order chi connectivity index (χ1) is 8.36. The molecule has 0 spiro atoms. The van der Waals surface area contributed by atoms with Crippen LogP contribution >= 0.6 is 0 Å². The second kappa shape index (κ2) is 5.63. The van der Waals surface area contributed by atoms with Gasteiger partial charge in [-0.1, -0.05) is 0 Å². The van der Waals surface area contributed by atoms with Crippen LogP contribution in [0.3, 0.4) is 0 Å². The van der Waals surface area contributed by atoms with Gasteiger partial charge in [0.25, 0.3) is 5.91 Å². The van der Waals surface area contributed by atoms with Gasteiger partial charge in [0.2, 0.25) is 0 Å². The van der Waals surface area contributed by atoms with Crippen molar-refractivity contribution in [2.45, 2.75) is 31.9 Å². The number of imidazole rings is 1. The average Bonchev–Trinajstić information content (AvgIpc) is 2.80. The molecule has 0 radical (unpaired) electrons. The van der Waals surface area contributed by atoms with E-state index in [1.807, 2.05) is 0 Å². The van der Waals surface area contributed by atoms with Crippen LogP contribution in [0.15, 0.2) is 12.5 Å². The largest absolute Gasteiger partial charge is 0.480 e. The summed E-state index contributed by atoms with van der Waals surface area (Å²) in [5.74, 6) is -1.58. The molecule has 0 fully saturated rings. The number of hydrogen-bond acceptors (Lipinski definition) is 4. The molecule has 100 valence electrons. The molecule has 1 amide bonds. The van der Waals surface area contributed by atoms with E-state index in [2.05, 4.69) is 15.3 Å². The van der Waals surface area contributed by atoms with Crippen molar-refractivity contribution in [1.82, 2.24) is 15.3 Å². The van der Waals surface area contributed by atoms with Crippen LogP contribution in [0.5, 0.6) is 0 Å². The number of rotatable bonds is 6. The number of aliphatic carboxylic acids is 1. The van der Waals surface area contributed by atoms with E-state index in [1.54, 1.807) is 13.8 Å². The standard InChI is InChI=1S/C11H17N3O4/c1-11(2,18-3)10(17)14-8(9(15)16)4-7-5-12-6-13-7/h5-6,8H,4H2,1-3H3,(H,12,13)(H,14,17)(H,15,16). The summed E-state index contributed by atoms with van der Waals surface area (Å²) in [6.45, 7) is 3.13. The third-order valence-electron chi connectivity index (χ3n) is 2.64. The lowest BCUT2D eigenvalue weighted by molar-refractivity contribution is -0.147. The molecule has 7 nitrogen and oxygen atoms in total. The second-order valence-corrected chi connectivity index (χ2v) is 4.36. The maximum absolute atomic E-state index is 11.8. The molecule has 0 saturated heterocycles. The Kier molecular flexibility index (Phi) is 4.43. The fraction of sp³-hybridized carbons (Fsp3) is 0.545. The normalized spacial score (nSPS) is 13.1. The number of nitrogens with one attached hydrogen (secondary N) is 2. The van der Waals surface area contributed by atoms with E-state index in [4.69, 9.17) is 9.84 Å². The number of carboxylic acid groups (broad SMARTS) is 1. The Bertz CT molecular complexity index is 414. The first-order valence-corrected chi connectivity index (χ1v) is 5.43. The van der Waals surface area contributed by atoms with Crippen LogP contribution in [0.25, 0.3) is 0 Å². The van der Waals surface area contributed by atoms with Crippen molar-refractivity contribution in [2.75, 3.05) is 7.11 Å². The zero-order valence-electron chi connectivity index (χ0n) is 10.6. The molecule has 1 rings (SSSR count). The molecule has 18 heavy (non-hydrogen) atoms. The molecule has 0 bridgehead atoms. The van der Waals surface area contributed by atoms with Gasteiger partial charge in [0.1, 0.15) is 11.6 Å². The maximum Gasteiger partial charge on any atom is 0.326 e. The molecule has 7 heteroatoms. The van der Waals surface area contributed by atoms with Crippen molar-refractivity contribution >= 4 is 11.9 Å². The van der Waals surface area contributed by atoms with E-state index in [0.717, 1.165) is 0 Å². The third kappa shape index (κ3) is 3.56. The Balaban J connectivity index is 2.70. The molecular formula is C11H17N3O4. The zero-order chi connectivity index (χ0) is 13.8. The van der Waals surface area contributed by atoms with Gasteiger partial charge in [-0.15, -0.1) is 0 Å². The summed E-state index contributed by atoms with van der Waals surface area (Å²) < 4.78 is 4.99. The third-order valence-corrected chi connectivity index (χ3v) is 2.64. The first kappa shape index (κ1) is 14.2. The highest BCUT2D eigenvalue weighted by atomic mass is 16.5. The highest BCUT2D eigenvalue weighted by molar-refractivity contribution is 5.88. The van der Waals surface area contributed by atoms with Crippen molar-refractivity contribution < 1.29 is 19.4 Å². The number of amides is 1. The predicted molar refractivity (Wildman–Crippen MR) is 62.9 cm³/mol. The van der Waals surface area contributed by atoms with Crippen molar-refractivity contribution in [1.29, 1.82) is 0 Å². The lowest BCUT2D eigenvalue weighted by Gasteiger charge is -2.24. The van der Waals surface area contributed by atoms with Crippen LogP contribution in [-0.4, -0.2) is 45.7 Å². The molecule has 3 N–H and O–H groups in total. The molecule has 0 saturated carbocycles. The number of carbonyl (C=O) groups is 2. The van der Waals surface area contributed by atoms with E-state index in [1.165, 1.54) is 19.6 Å². The van der Waals surface area contributed by atoms with Crippen LogP contribution in [0.1, 0.15) is 19.5 Å². The Hall–Kier alpha value is -1.89. The summed E-state index contributed by atoms with van der Waals surface area (Å²) in [6.07, 6.45) is 3.11. The first-order valence-electron chi connectivity index (χ1n) is 5.43. The van der Waals surface area contributed by atoms with Gasteiger partial charge in [-0.05, 0) is 13.8 Å². The second-order valence-electron chi connectivity index (χ2n) is 4.36. The summed E-state index contributed by atoms with van der Waals surface area (Å²) in [6, 6.07) is -1.02. The lowest BCUT2D eigenvalue weighted by atomic mass is 10.1. The quantitative estimate of drug-likeness (QED) is 0.661. The Morgan fingerprint density at radius 3 is 2.72 bits per heavy atom. The molecular weight excluding hydrogens is 238 g/mol. The molecule has 1 aromatic rings. The van der Waals surface area contributed by atoms with Gasteiger partial charge in [-0.2, -0.15) is 0 Å². The van der Waals surface area contributed by atoms with Crippen LogP contribution in [-0.2, 0) is 20.7 Å². The van der Waals surface area contributed by atoms with Gasteiger partial charge in [-0.3, -0.25) is 4.79 Å². The molecule has 1 atom stereocenters. The Morgan fingerprint density at radius 1 is 1.61 bits per heavy atom. The highest BCUT2D eigenvalue weighted by Crippen LogP contribution is 2.08. The number of methoxy groups -OCH3 is 1. The number of hydrogen-bond donors (Lipinski definition) is 3. The predicted octanol–water partition coefficient (Wildman–Crippen LogP) is -0.0534.